The maximum Gasteiger partial charge on any atom is 0.227 e. The van der Waals surface area contributed by atoms with Crippen LogP contribution in [0.1, 0.15) is 20.3 Å². The Morgan fingerprint density at radius 2 is 1.83 bits per heavy atom. The fraction of sp³-hybridized carbons (Fsp3) is 0.269. The molecule has 8 nitrogen and oxygen atoms in total. The Kier molecular flexibility index (Phi) is 8.02. The average Bonchev–Trinajstić information content (AvgIpc) is 3.38. The van der Waals surface area contributed by atoms with E-state index >= 15 is 0 Å². The zero-order valence-electron chi connectivity index (χ0n) is 18.6. The fourth-order valence-corrected chi connectivity index (χ4v) is 4.57. The molecule has 2 aromatic carbocycles. The molecule has 0 aliphatic carbocycles. The van der Waals surface area contributed by atoms with Gasteiger partial charge < -0.3 is 20.1 Å². The summed E-state index contributed by atoms with van der Waals surface area (Å²) in [7, 11) is 0. The highest BCUT2D eigenvalue weighted by atomic mass is 32.2. The van der Waals surface area contributed by atoms with Crippen LogP contribution in [-0.2, 0) is 11.1 Å². The summed E-state index contributed by atoms with van der Waals surface area (Å²) in [4.78, 5) is 16.4. The Balaban J connectivity index is 0.00000289. The predicted molar refractivity (Wildman–Crippen MR) is 141 cm³/mol. The molecule has 2 N–H and O–H groups in total. The smallest absolute Gasteiger partial charge is 0.227 e. The summed E-state index contributed by atoms with van der Waals surface area (Å²) in [6.07, 6.45) is 6.21. The van der Waals surface area contributed by atoms with E-state index in [0.29, 0.717) is 11.6 Å². The number of fused-ring (bicyclic) bond motifs is 1. The maximum absolute atomic E-state index is 11.3. The zero-order chi connectivity index (χ0) is 23.3. The molecule has 35 heavy (non-hydrogen) atoms. The van der Waals surface area contributed by atoms with Crippen molar-refractivity contribution in [2.24, 2.45) is 0 Å². The molecule has 1 fully saturated rings. The minimum atomic E-state index is -2.30. The topological polar surface area (TPSA) is 106 Å². The third-order valence-electron chi connectivity index (χ3n) is 5.90. The first-order valence-corrected chi connectivity index (χ1v) is 12.4. The van der Waals surface area contributed by atoms with Crippen LogP contribution in [0.25, 0.3) is 22.0 Å². The highest BCUT2D eigenvalue weighted by molar-refractivity contribution is 7.79. The van der Waals surface area contributed by atoms with E-state index < -0.39 is 11.1 Å². The summed E-state index contributed by atoms with van der Waals surface area (Å²) in [5.41, 5.74) is 3.31. The summed E-state index contributed by atoms with van der Waals surface area (Å²) >= 11 is -2.30. The number of pyridine rings is 1. The highest BCUT2D eigenvalue weighted by Crippen LogP contribution is 2.28. The molecule has 9 heteroatoms. The van der Waals surface area contributed by atoms with E-state index in [4.69, 9.17) is 4.98 Å². The Bertz CT molecular complexity index is 1310. The van der Waals surface area contributed by atoms with E-state index in [0.717, 1.165) is 40.9 Å². The zero-order valence-corrected chi connectivity index (χ0v) is 19.4. The van der Waals surface area contributed by atoms with Crippen molar-refractivity contribution in [3.8, 4) is 11.1 Å². The van der Waals surface area contributed by atoms with E-state index in [-0.39, 0.29) is 12.3 Å². The second kappa shape index (κ2) is 11.4. The average molecular weight is 490 g/mol. The van der Waals surface area contributed by atoms with E-state index in [2.05, 4.69) is 25.5 Å². The molecule has 1 saturated heterocycles. The van der Waals surface area contributed by atoms with Gasteiger partial charge in [-0.3, -0.25) is 4.21 Å². The minimum Gasteiger partial charge on any atom is -0.768 e. The van der Waals surface area contributed by atoms with Crippen molar-refractivity contribution in [1.82, 2.24) is 19.9 Å². The van der Waals surface area contributed by atoms with Crippen molar-refractivity contribution in [3.63, 3.8) is 0 Å². The molecule has 0 bridgehead atoms. The molecule has 2 aromatic heterocycles. The lowest BCUT2D eigenvalue weighted by Gasteiger charge is -2.15. The molecule has 3 heterocycles. The molecule has 0 saturated carbocycles. The number of likely N-dealkylation sites (tertiary alicyclic amines) is 1. The number of rotatable bonds is 8. The van der Waals surface area contributed by atoms with Crippen LogP contribution in [0.4, 0.5) is 17.5 Å². The summed E-state index contributed by atoms with van der Waals surface area (Å²) in [6.45, 7) is 4.30. The van der Waals surface area contributed by atoms with Crippen molar-refractivity contribution >= 4 is 39.4 Å². The van der Waals surface area contributed by atoms with Crippen molar-refractivity contribution in [2.45, 2.75) is 25.2 Å². The molecule has 0 spiro atoms. The molecule has 1 aliphatic heterocycles. The van der Waals surface area contributed by atoms with Crippen LogP contribution in [0, 0.1) is 0 Å². The number of hydrogen-bond donors (Lipinski definition) is 2. The van der Waals surface area contributed by atoms with Crippen LogP contribution < -0.4 is 10.6 Å². The van der Waals surface area contributed by atoms with Crippen molar-refractivity contribution in [3.05, 3.63) is 67.0 Å². The number of para-hydroxylation sites is 1. The van der Waals surface area contributed by atoms with Gasteiger partial charge in [0.15, 0.2) is 0 Å². The number of hydrogen-bond acceptors (Lipinski definition) is 8. The van der Waals surface area contributed by atoms with Crippen molar-refractivity contribution in [2.75, 3.05) is 36.8 Å². The molecule has 1 unspecified atom stereocenters. The standard InChI is InChI=1S/C25H26N6O2S.CH4/c32-34(33)21-7-4-6-20(15-21)29-25-28-17-19-5-3-8-22(24(19)30-25)18-9-10-23(27-16-18)26-11-14-31-12-1-2-13-31;/h3-10,15-17H,1-2,11-14H2,(H,26,27)(H,32,33)(H,28,29,30);1H4/p-1. The third kappa shape index (κ3) is 6.00. The lowest BCUT2D eigenvalue weighted by atomic mass is 10.0. The van der Waals surface area contributed by atoms with Gasteiger partial charge in [-0.1, -0.05) is 31.7 Å². The van der Waals surface area contributed by atoms with Gasteiger partial charge >= 0.3 is 0 Å². The van der Waals surface area contributed by atoms with E-state index in [9.17, 15) is 8.76 Å². The number of anilines is 3. The van der Waals surface area contributed by atoms with Crippen LogP contribution in [0.15, 0.2) is 71.9 Å². The predicted octanol–water partition coefficient (Wildman–Crippen LogP) is 4.82. The normalized spacial score (nSPS) is 14.4. The molecule has 182 valence electrons. The summed E-state index contributed by atoms with van der Waals surface area (Å²) in [5.74, 6) is 1.25. The van der Waals surface area contributed by atoms with Crippen molar-refractivity contribution in [1.29, 1.82) is 0 Å². The minimum absolute atomic E-state index is 0. The molecular weight excluding hydrogens is 460 g/mol. The second-order valence-corrected chi connectivity index (χ2v) is 9.17. The molecule has 0 amide bonds. The summed E-state index contributed by atoms with van der Waals surface area (Å²) in [6, 6.07) is 16.5. The van der Waals surface area contributed by atoms with Gasteiger partial charge in [0.1, 0.15) is 5.82 Å². The second-order valence-electron chi connectivity index (χ2n) is 8.23. The first-order valence-electron chi connectivity index (χ1n) is 11.3. The van der Waals surface area contributed by atoms with Gasteiger partial charge in [-0.25, -0.2) is 15.0 Å². The molecule has 1 aliphatic rings. The molecule has 1 atom stereocenters. The first kappa shape index (κ1) is 24.7. The third-order valence-corrected chi connectivity index (χ3v) is 6.54. The van der Waals surface area contributed by atoms with Gasteiger partial charge in [0, 0.05) is 52.6 Å². The van der Waals surface area contributed by atoms with E-state index in [1.165, 1.54) is 32.0 Å². The summed E-state index contributed by atoms with van der Waals surface area (Å²) in [5, 5.41) is 7.41. The maximum atomic E-state index is 11.3. The quantitative estimate of drug-likeness (QED) is 0.340. The van der Waals surface area contributed by atoms with E-state index in [1.807, 2.05) is 36.5 Å². The molecule has 0 radical (unpaired) electrons. The van der Waals surface area contributed by atoms with Crippen LogP contribution in [0.5, 0.6) is 0 Å². The number of benzene rings is 2. The fourth-order valence-electron chi connectivity index (χ4n) is 4.16. The molecular formula is C26H29N6O2S-. The van der Waals surface area contributed by atoms with Gasteiger partial charge in [0.05, 0.1) is 5.52 Å². The lowest BCUT2D eigenvalue weighted by molar-refractivity contribution is 0.352. The Morgan fingerprint density at radius 1 is 1.00 bits per heavy atom. The van der Waals surface area contributed by atoms with Crippen LogP contribution >= 0.6 is 0 Å². The van der Waals surface area contributed by atoms with Crippen LogP contribution in [0.2, 0.25) is 0 Å². The van der Waals surface area contributed by atoms with Gasteiger partial charge in [-0.15, -0.1) is 0 Å². The Morgan fingerprint density at radius 3 is 2.60 bits per heavy atom. The Labute approximate surface area is 208 Å². The van der Waals surface area contributed by atoms with Gasteiger partial charge in [0.2, 0.25) is 5.95 Å². The molecule has 4 aromatic rings. The van der Waals surface area contributed by atoms with E-state index in [1.54, 1.807) is 24.4 Å². The summed E-state index contributed by atoms with van der Waals surface area (Å²) < 4.78 is 22.5. The number of nitrogens with one attached hydrogen (secondary N) is 2. The monoisotopic (exact) mass is 489 g/mol. The van der Waals surface area contributed by atoms with Crippen molar-refractivity contribution < 1.29 is 8.76 Å². The lowest BCUT2D eigenvalue weighted by Crippen LogP contribution is -2.26. The largest absolute Gasteiger partial charge is 0.768 e. The molecule has 5 rings (SSSR count). The highest BCUT2D eigenvalue weighted by Gasteiger charge is 2.11. The van der Waals surface area contributed by atoms with Gasteiger partial charge in [-0.2, -0.15) is 0 Å². The van der Waals surface area contributed by atoms with Crippen LogP contribution in [0.3, 0.4) is 0 Å². The van der Waals surface area contributed by atoms with Crippen LogP contribution in [-0.4, -0.2) is 54.8 Å². The van der Waals surface area contributed by atoms with Gasteiger partial charge in [-0.05, 0) is 67.3 Å². The first-order chi connectivity index (χ1) is 16.7. The number of nitrogens with zero attached hydrogens (tertiary/aromatic N) is 4. The number of aromatic nitrogens is 3. The van der Waals surface area contributed by atoms with Gasteiger partial charge in [0.25, 0.3) is 0 Å². The SMILES string of the molecule is C.O=S([O-])c1cccc(Nc2ncc3cccc(-c4ccc(NCCN5CCCC5)nc4)c3n2)c1. The Hall–Kier alpha value is -3.40.